The molecule has 0 bridgehead atoms. The number of hydrogen-bond acceptors (Lipinski definition) is 7. The second-order valence-corrected chi connectivity index (χ2v) is 5.82. The zero-order valence-corrected chi connectivity index (χ0v) is 15.0. The lowest BCUT2D eigenvalue weighted by atomic mass is 10.1. The second-order valence-electron chi connectivity index (χ2n) is 5.82. The molecule has 0 aliphatic carbocycles. The Kier molecular flexibility index (Phi) is 5.84. The molecule has 0 radical (unpaired) electrons. The van der Waals surface area contributed by atoms with Crippen LogP contribution in [0.2, 0.25) is 0 Å². The largest absolute Gasteiger partial charge is 0.466 e. The number of benzene rings is 2. The van der Waals surface area contributed by atoms with Crippen molar-refractivity contribution in [3.05, 3.63) is 66.4 Å². The van der Waals surface area contributed by atoms with E-state index in [2.05, 4.69) is 20.6 Å². The van der Waals surface area contributed by atoms with Crippen LogP contribution in [-0.4, -0.2) is 22.5 Å². The first-order chi connectivity index (χ1) is 13.1. The number of esters is 1. The number of carbonyl (C=O) groups is 1. The highest BCUT2D eigenvalue weighted by atomic mass is 16.5. The van der Waals surface area contributed by atoms with Gasteiger partial charge >= 0.3 is 5.97 Å². The Hall–Kier alpha value is -3.61. The second kappa shape index (κ2) is 8.66. The SMILES string of the molecule is CCOC(=O)Cc1ccc(Nc2nccc(Nc3cccc(N)c3)n2)cc1. The summed E-state index contributed by atoms with van der Waals surface area (Å²) in [4.78, 5) is 20.2. The first kappa shape index (κ1) is 18.2. The molecule has 0 fully saturated rings. The number of hydrogen-bond donors (Lipinski definition) is 3. The molecule has 1 aromatic heterocycles. The fourth-order valence-electron chi connectivity index (χ4n) is 2.47. The van der Waals surface area contributed by atoms with Gasteiger partial charge in [-0.15, -0.1) is 0 Å². The number of ether oxygens (including phenoxy) is 1. The quantitative estimate of drug-likeness (QED) is 0.435. The van der Waals surface area contributed by atoms with Gasteiger partial charge in [0.1, 0.15) is 5.82 Å². The Morgan fingerprint density at radius 2 is 1.89 bits per heavy atom. The Morgan fingerprint density at radius 3 is 2.63 bits per heavy atom. The fourth-order valence-corrected chi connectivity index (χ4v) is 2.47. The summed E-state index contributed by atoms with van der Waals surface area (Å²) < 4.78 is 4.95. The highest BCUT2D eigenvalue weighted by Gasteiger charge is 2.05. The van der Waals surface area contributed by atoms with Crippen LogP contribution in [0.5, 0.6) is 0 Å². The van der Waals surface area contributed by atoms with E-state index in [1.807, 2.05) is 48.5 Å². The maximum Gasteiger partial charge on any atom is 0.310 e. The highest BCUT2D eigenvalue weighted by molar-refractivity contribution is 5.73. The van der Waals surface area contributed by atoms with Gasteiger partial charge in [-0.3, -0.25) is 4.79 Å². The van der Waals surface area contributed by atoms with Crippen LogP contribution in [0.3, 0.4) is 0 Å². The van der Waals surface area contributed by atoms with E-state index in [9.17, 15) is 4.79 Å². The number of nitrogen functional groups attached to an aromatic ring is 1. The minimum atomic E-state index is -0.234. The lowest BCUT2D eigenvalue weighted by Crippen LogP contribution is -2.07. The fraction of sp³-hybridized carbons (Fsp3) is 0.150. The average molecular weight is 363 g/mol. The lowest BCUT2D eigenvalue weighted by molar-refractivity contribution is -0.142. The molecule has 3 aromatic rings. The molecule has 0 saturated heterocycles. The zero-order chi connectivity index (χ0) is 19.1. The number of anilines is 5. The van der Waals surface area contributed by atoms with Gasteiger partial charge in [0.05, 0.1) is 13.0 Å². The smallest absolute Gasteiger partial charge is 0.310 e. The van der Waals surface area contributed by atoms with Gasteiger partial charge in [-0.05, 0) is 48.9 Å². The minimum absolute atomic E-state index is 0.234. The summed E-state index contributed by atoms with van der Waals surface area (Å²) in [5.74, 6) is 0.876. The molecule has 0 aliphatic rings. The van der Waals surface area contributed by atoms with E-state index in [4.69, 9.17) is 10.5 Å². The van der Waals surface area contributed by atoms with Crippen LogP contribution in [0.25, 0.3) is 0 Å². The first-order valence-corrected chi connectivity index (χ1v) is 8.59. The van der Waals surface area contributed by atoms with E-state index in [0.717, 1.165) is 16.9 Å². The van der Waals surface area contributed by atoms with Crippen molar-refractivity contribution in [2.24, 2.45) is 0 Å². The van der Waals surface area contributed by atoms with Crippen LogP contribution >= 0.6 is 0 Å². The summed E-state index contributed by atoms with van der Waals surface area (Å²) in [5, 5.41) is 6.34. The number of carbonyl (C=O) groups excluding carboxylic acids is 1. The molecule has 27 heavy (non-hydrogen) atoms. The minimum Gasteiger partial charge on any atom is -0.466 e. The summed E-state index contributed by atoms with van der Waals surface area (Å²) in [6, 6.07) is 16.7. The molecular weight excluding hydrogens is 342 g/mol. The molecule has 0 spiro atoms. The van der Waals surface area contributed by atoms with Gasteiger partial charge < -0.3 is 21.1 Å². The van der Waals surface area contributed by atoms with E-state index in [-0.39, 0.29) is 12.4 Å². The van der Waals surface area contributed by atoms with Crippen molar-refractivity contribution in [2.45, 2.75) is 13.3 Å². The molecule has 7 heteroatoms. The Morgan fingerprint density at radius 1 is 1.07 bits per heavy atom. The summed E-state index contributed by atoms with van der Waals surface area (Å²) in [7, 11) is 0. The summed E-state index contributed by atoms with van der Waals surface area (Å²) in [6.07, 6.45) is 1.92. The van der Waals surface area contributed by atoms with Gasteiger partial charge in [-0.2, -0.15) is 4.98 Å². The number of aromatic nitrogens is 2. The number of nitrogens with two attached hydrogens (primary N) is 1. The predicted octanol–water partition coefficient (Wildman–Crippen LogP) is 3.65. The van der Waals surface area contributed by atoms with Crippen LogP contribution in [-0.2, 0) is 16.0 Å². The van der Waals surface area contributed by atoms with Crippen LogP contribution in [0.4, 0.5) is 28.8 Å². The summed E-state index contributed by atoms with van der Waals surface area (Å²) >= 11 is 0. The molecule has 1 heterocycles. The van der Waals surface area contributed by atoms with Gasteiger partial charge in [-0.25, -0.2) is 4.98 Å². The van der Waals surface area contributed by atoms with Crippen LogP contribution in [0.15, 0.2) is 60.8 Å². The number of nitrogens with one attached hydrogen (secondary N) is 2. The Bertz CT molecular complexity index is 912. The highest BCUT2D eigenvalue weighted by Crippen LogP contribution is 2.19. The Balaban J connectivity index is 1.64. The molecule has 0 unspecified atom stereocenters. The number of rotatable bonds is 7. The monoisotopic (exact) mass is 363 g/mol. The molecule has 0 atom stereocenters. The first-order valence-electron chi connectivity index (χ1n) is 8.59. The predicted molar refractivity (Wildman–Crippen MR) is 106 cm³/mol. The molecular formula is C20H21N5O2. The van der Waals surface area contributed by atoms with Crippen molar-refractivity contribution < 1.29 is 9.53 Å². The maximum atomic E-state index is 11.5. The third-order valence-electron chi connectivity index (χ3n) is 3.68. The lowest BCUT2D eigenvalue weighted by Gasteiger charge is -2.09. The third-order valence-corrected chi connectivity index (χ3v) is 3.68. The van der Waals surface area contributed by atoms with Crippen molar-refractivity contribution >= 4 is 34.8 Å². The molecule has 0 saturated carbocycles. The van der Waals surface area contributed by atoms with E-state index in [1.54, 1.807) is 19.2 Å². The van der Waals surface area contributed by atoms with Crippen LogP contribution in [0.1, 0.15) is 12.5 Å². The van der Waals surface area contributed by atoms with Crippen molar-refractivity contribution in [1.82, 2.24) is 9.97 Å². The van der Waals surface area contributed by atoms with Crippen molar-refractivity contribution in [1.29, 1.82) is 0 Å². The van der Waals surface area contributed by atoms with E-state index < -0.39 is 0 Å². The van der Waals surface area contributed by atoms with Crippen molar-refractivity contribution in [3.63, 3.8) is 0 Å². The normalized spacial score (nSPS) is 10.3. The van der Waals surface area contributed by atoms with Crippen LogP contribution in [0, 0.1) is 0 Å². The Labute approximate surface area is 157 Å². The van der Waals surface area contributed by atoms with Gasteiger partial charge in [0.25, 0.3) is 0 Å². The van der Waals surface area contributed by atoms with E-state index in [1.165, 1.54) is 0 Å². The third kappa shape index (κ3) is 5.43. The van der Waals surface area contributed by atoms with Crippen molar-refractivity contribution in [3.8, 4) is 0 Å². The molecule has 138 valence electrons. The molecule has 0 aliphatic heterocycles. The maximum absolute atomic E-state index is 11.5. The molecule has 0 amide bonds. The van der Waals surface area contributed by atoms with E-state index in [0.29, 0.717) is 24.1 Å². The summed E-state index contributed by atoms with van der Waals surface area (Å²) in [6.45, 7) is 2.18. The number of nitrogens with zero attached hydrogens (tertiary/aromatic N) is 2. The average Bonchev–Trinajstić information content (AvgIpc) is 2.64. The molecule has 7 nitrogen and oxygen atoms in total. The summed E-state index contributed by atoms with van der Waals surface area (Å²) in [5.41, 5.74) is 9.02. The molecule has 4 N–H and O–H groups in total. The zero-order valence-electron chi connectivity index (χ0n) is 15.0. The van der Waals surface area contributed by atoms with Gasteiger partial charge in [0, 0.05) is 23.3 Å². The van der Waals surface area contributed by atoms with Gasteiger partial charge in [0.2, 0.25) is 5.95 Å². The van der Waals surface area contributed by atoms with Crippen molar-refractivity contribution in [2.75, 3.05) is 23.0 Å². The molecule has 3 rings (SSSR count). The van der Waals surface area contributed by atoms with Gasteiger partial charge in [0.15, 0.2) is 0 Å². The van der Waals surface area contributed by atoms with Gasteiger partial charge in [-0.1, -0.05) is 18.2 Å². The van der Waals surface area contributed by atoms with E-state index >= 15 is 0 Å². The standard InChI is InChI=1S/C20H21N5O2/c1-2-27-19(26)12-14-6-8-16(9-7-14)24-20-22-11-10-18(25-20)23-17-5-3-4-15(21)13-17/h3-11,13H,2,12,21H2,1H3,(H2,22,23,24,25). The topological polar surface area (TPSA) is 102 Å². The van der Waals surface area contributed by atoms with Crippen LogP contribution < -0.4 is 16.4 Å². The molecule has 2 aromatic carbocycles.